The van der Waals surface area contributed by atoms with Gasteiger partial charge >= 0.3 is 0 Å². The summed E-state index contributed by atoms with van der Waals surface area (Å²) >= 11 is 6.06. The van der Waals surface area contributed by atoms with Gasteiger partial charge in [-0.15, -0.1) is 0 Å². The number of anilines is 1. The minimum Gasteiger partial charge on any atom is -0.352 e. The average Bonchev–Trinajstić information content (AvgIpc) is 2.90. The van der Waals surface area contributed by atoms with Crippen molar-refractivity contribution < 1.29 is 18.0 Å². The van der Waals surface area contributed by atoms with Crippen molar-refractivity contribution in [3.8, 4) is 0 Å². The number of aryl methyl sites for hydroxylation is 3. The van der Waals surface area contributed by atoms with Crippen LogP contribution in [-0.2, 0) is 26.2 Å². The van der Waals surface area contributed by atoms with Crippen LogP contribution in [0.2, 0.25) is 5.02 Å². The Morgan fingerprint density at radius 2 is 1.45 bits per heavy atom. The van der Waals surface area contributed by atoms with Crippen molar-refractivity contribution >= 4 is 39.1 Å². The molecular formula is C31H38ClN3O4S. The average molecular weight is 584 g/mol. The number of carbonyl (C=O) groups is 2. The maximum Gasteiger partial charge on any atom is 0.264 e. The van der Waals surface area contributed by atoms with E-state index in [1.807, 2.05) is 40.7 Å². The van der Waals surface area contributed by atoms with Crippen molar-refractivity contribution in [2.45, 2.75) is 71.5 Å². The van der Waals surface area contributed by atoms with Gasteiger partial charge in [-0.05, 0) is 94.1 Å². The van der Waals surface area contributed by atoms with E-state index in [1.54, 1.807) is 67.6 Å². The molecule has 0 aliphatic rings. The first-order valence-electron chi connectivity index (χ1n) is 13.3. The molecule has 2 atom stereocenters. The molecule has 0 saturated carbocycles. The summed E-state index contributed by atoms with van der Waals surface area (Å²) in [5, 5.41) is 3.49. The third kappa shape index (κ3) is 7.86. The molecule has 0 saturated heterocycles. The van der Waals surface area contributed by atoms with Crippen LogP contribution in [-0.4, -0.2) is 43.8 Å². The fourth-order valence-electron chi connectivity index (χ4n) is 4.30. The van der Waals surface area contributed by atoms with E-state index in [-0.39, 0.29) is 23.4 Å². The molecule has 0 aromatic heterocycles. The van der Waals surface area contributed by atoms with Crippen LogP contribution in [0.25, 0.3) is 0 Å². The van der Waals surface area contributed by atoms with Crippen LogP contribution in [0.3, 0.4) is 0 Å². The molecule has 1 N–H and O–H groups in total. The van der Waals surface area contributed by atoms with E-state index in [0.717, 1.165) is 33.0 Å². The number of nitrogens with zero attached hydrogens (tertiary/aromatic N) is 2. The maximum absolute atomic E-state index is 14.0. The molecule has 2 amide bonds. The molecule has 7 nitrogen and oxygen atoms in total. The molecule has 3 aromatic rings. The highest BCUT2D eigenvalue weighted by atomic mass is 35.5. The minimum absolute atomic E-state index is 0.0730. The highest BCUT2D eigenvalue weighted by Gasteiger charge is 2.33. The number of sulfonamides is 1. The van der Waals surface area contributed by atoms with Gasteiger partial charge in [-0.1, -0.05) is 54.4 Å². The van der Waals surface area contributed by atoms with Gasteiger partial charge in [-0.25, -0.2) is 8.42 Å². The Balaban J connectivity index is 2.05. The van der Waals surface area contributed by atoms with Crippen molar-refractivity contribution in [2.24, 2.45) is 0 Å². The Morgan fingerprint density at radius 3 is 2.00 bits per heavy atom. The molecule has 0 unspecified atom stereocenters. The van der Waals surface area contributed by atoms with E-state index in [4.69, 9.17) is 11.6 Å². The normalized spacial score (nSPS) is 12.9. The fourth-order valence-corrected chi connectivity index (χ4v) is 5.82. The lowest BCUT2D eigenvalue weighted by Gasteiger charge is -2.32. The van der Waals surface area contributed by atoms with Crippen molar-refractivity contribution in [1.29, 1.82) is 0 Å². The zero-order valence-corrected chi connectivity index (χ0v) is 25.5. The lowest BCUT2D eigenvalue weighted by molar-refractivity contribution is -0.139. The van der Waals surface area contributed by atoms with Gasteiger partial charge < -0.3 is 10.2 Å². The number of benzene rings is 3. The Kier molecular flexibility index (Phi) is 10.4. The summed E-state index contributed by atoms with van der Waals surface area (Å²) in [5.41, 5.74) is 3.80. The second kappa shape index (κ2) is 13.3. The van der Waals surface area contributed by atoms with Crippen molar-refractivity contribution in [1.82, 2.24) is 10.2 Å². The van der Waals surface area contributed by atoms with Crippen LogP contribution in [0.1, 0.15) is 49.4 Å². The number of rotatable bonds is 11. The summed E-state index contributed by atoms with van der Waals surface area (Å²) < 4.78 is 29.1. The second-order valence-electron chi connectivity index (χ2n) is 10.3. The summed E-state index contributed by atoms with van der Waals surface area (Å²) in [6.45, 7) is 10.8. The van der Waals surface area contributed by atoms with Gasteiger partial charge in [-0.2, -0.15) is 0 Å². The first-order valence-corrected chi connectivity index (χ1v) is 15.2. The van der Waals surface area contributed by atoms with E-state index < -0.39 is 28.5 Å². The van der Waals surface area contributed by atoms with E-state index in [1.165, 1.54) is 4.90 Å². The van der Waals surface area contributed by atoms with E-state index >= 15 is 0 Å². The topological polar surface area (TPSA) is 86.8 Å². The molecule has 0 radical (unpaired) electrons. The second-order valence-corrected chi connectivity index (χ2v) is 12.6. The van der Waals surface area contributed by atoms with Crippen LogP contribution in [0.15, 0.2) is 71.6 Å². The predicted molar refractivity (Wildman–Crippen MR) is 161 cm³/mol. The lowest BCUT2D eigenvalue weighted by Crippen LogP contribution is -2.52. The Morgan fingerprint density at radius 1 is 0.875 bits per heavy atom. The van der Waals surface area contributed by atoms with Gasteiger partial charge in [0.1, 0.15) is 12.6 Å². The molecule has 0 spiro atoms. The zero-order chi connectivity index (χ0) is 29.6. The minimum atomic E-state index is -4.11. The third-order valence-corrected chi connectivity index (χ3v) is 8.86. The van der Waals surface area contributed by atoms with E-state index in [2.05, 4.69) is 5.32 Å². The van der Waals surface area contributed by atoms with Gasteiger partial charge in [0.25, 0.3) is 10.0 Å². The fraction of sp³-hybridized carbons (Fsp3) is 0.355. The third-order valence-electron chi connectivity index (χ3n) is 6.82. The van der Waals surface area contributed by atoms with Crippen molar-refractivity contribution in [3.05, 3.63) is 94.0 Å². The zero-order valence-electron chi connectivity index (χ0n) is 23.9. The number of halogens is 1. The standard InChI is InChI=1S/C31H38ClN3O4S/c1-7-24(5)33-31(37)25(6)34(19-26-10-12-27(32)13-11-26)30(36)20-35(28-17-22(3)16-23(4)18-28)40(38,39)29-14-8-21(2)9-15-29/h8-18,24-25H,7,19-20H2,1-6H3,(H,33,37)/t24-,25-/m1/s1. The highest BCUT2D eigenvalue weighted by Crippen LogP contribution is 2.27. The lowest BCUT2D eigenvalue weighted by atomic mass is 10.1. The molecular weight excluding hydrogens is 546 g/mol. The molecule has 214 valence electrons. The van der Waals surface area contributed by atoms with Crippen LogP contribution < -0.4 is 9.62 Å². The summed E-state index contributed by atoms with van der Waals surface area (Å²) in [7, 11) is -4.11. The van der Waals surface area contributed by atoms with Crippen molar-refractivity contribution in [2.75, 3.05) is 10.8 Å². The first-order chi connectivity index (χ1) is 18.8. The van der Waals surface area contributed by atoms with Gasteiger partial charge in [0, 0.05) is 17.6 Å². The van der Waals surface area contributed by atoms with Gasteiger partial charge in [0.05, 0.1) is 10.6 Å². The summed E-state index contributed by atoms with van der Waals surface area (Å²) in [6.07, 6.45) is 0.735. The predicted octanol–water partition coefficient (Wildman–Crippen LogP) is 5.79. The Hall–Kier alpha value is -3.36. The van der Waals surface area contributed by atoms with Gasteiger partial charge in [-0.3, -0.25) is 13.9 Å². The Bertz CT molecular complexity index is 1420. The summed E-state index contributed by atoms with van der Waals surface area (Å²) in [4.78, 5) is 28.7. The molecule has 0 heterocycles. The SMILES string of the molecule is CC[C@@H](C)NC(=O)[C@@H](C)N(Cc1ccc(Cl)cc1)C(=O)CN(c1cc(C)cc(C)c1)S(=O)(=O)c1ccc(C)cc1. The molecule has 0 aliphatic heterocycles. The molecule has 40 heavy (non-hydrogen) atoms. The largest absolute Gasteiger partial charge is 0.352 e. The Labute approximate surface area is 243 Å². The number of nitrogens with one attached hydrogen (secondary N) is 1. The number of carbonyl (C=O) groups excluding carboxylic acids is 2. The summed E-state index contributed by atoms with van der Waals surface area (Å²) in [5.74, 6) is -0.812. The quantitative estimate of drug-likeness (QED) is 0.309. The molecule has 0 aliphatic carbocycles. The number of hydrogen-bond donors (Lipinski definition) is 1. The van der Waals surface area contributed by atoms with Gasteiger partial charge in [0.2, 0.25) is 11.8 Å². The maximum atomic E-state index is 14.0. The number of amides is 2. The molecule has 0 fully saturated rings. The smallest absolute Gasteiger partial charge is 0.264 e. The summed E-state index contributed by atoms with van der Waals surface area (Å²) in [6, 6.07) is 18.0. The van der Waals surface area contributed by atoms with Gasteiger partial charge in [0.15, 0.2) is 0 Å². The number of hydrogen-bond acceptors (Lipinski definition) is 4. The highest BCUT2D eigenvalue weighted by molar-refractivity contribution is 7.92. The van der Waals surface area contributed by atoms with Crippen molar-refractivity contribution in [3.63, 3.8) is 0 Å². The van der Waals surface area contributed by atoms with Crippen LogP contribution in [0, 0.1) is 20.8 Å². The van der Waals surface area contributed by atoms with E-state index in [0.29, 0.717) is 10.7 Å². The monoisotopic (exact) mass is 583 g/mol. The molecule has 0 bridgehead atoms. The van der Waals surface area contributed by atoms with Crippen LogP contribution in [0.5, 0.6) is 0 Å². The molecule has 3 aromatic carbocycles. The first kappa shape index (κ1) is 31.2. The molecule has 3 rings (SSSR count). The van der Waals surface area contributed by atoms with Crippen LogP contribution in [0.4, 0.5) is 5.69 Å². The van der Waals surface area contributed by atoms with Crippen LogP contribution >= 0.6 is 11.6 Å². The molecule has 9 heteroatoms. The van der Waals surface area contributed by atoms with E-state index in [9.17, 15) is 18.0 Å².